The molecule has 1 atom stereocenters. The number of nitrogens with zero attached hydrogens (tertiary/aromatic N) is 2. The number of nitrogens with one attached hydrogen (secondary N) is 1. The summed E-state index contributed by atoms with van der Waals surface area (Å²) in [5.74, 6) is -1.35. The Morgan fingerprint density at radius 2 is 1.90 bits per heavy atom. The van der Waals surface area contributed by atoms with Crippen LogP contribution >= 0.6 is 0 Å². The highest BCUT2D eigenvalue weighted by Gasteiger charge is 2.25. The minimum Gasteiger partial charge on any atom is -0.468 e. The summed E-state index contributed by atoms with van der Waals surface area (Å²) in [6.07, 6.45) is 6.28. The van der Waals surface area contributed by atoms with Gasteiger partial charge in [-0.25, -0.2) is 8.78 Å². The van der Waals surface area contributed by atoms with Crippen molar-refractivity contribution in [2.24, 2.45) is 0 Å². The molecule has 0 bridgehead atoms. The highest BCUT2D eigenvalue weighted by atomic mass is 19.2. The molecule has 1 aliphatic rings. The molecule has 1 fully saturated rings. The van der Waals surface area contributed by atoms with Gasteiger partial charge in [-0.1, -0.05) is 18.0 Å². The van der Waals surface area contributed by atoms with Crippen LogP contribution in [0.25, 0.3) is 11.3 Å². The van der Waals surface area contributed by atoms with Crippen molar-refractivity contribution in [1.29, 1.82) is 0 Å². The molecule has 1 amide bonds. The monoisotopic (exact) mass is 415 g/mol. The summed E-state index contributed by atoms with van der Waals surface area (Å²) in [5, 5.41) is 6.67. The fourth-order valence-electron chi connectivity index (χ4n) is 3.74. The summed E-state index contributed by atoms with van der Waals surface area (Å²) in [5.41, 5.74) is 0.377. The number of hydrogen-bond donors (Lipinski definition) is 1. The molecule has 158 valence electrons. The number of carbonyl (C=O) groups is 1. The van der Waals surface area contributed by atoms with Gasteiger partial charge in [0, 0.05) is 18.2 Å². The third kappa shape index (κ3) is 4.59. The molecule has 0 spiro atoms. The van der Waals surface area contributed by atoms with Gasteiger partial charge < -0.3 is 14.3 Å². The average Bonchev–Trinajstić information content (AvgIpc) is 3.38. The van der Waals surface area contributed by atoms with Crippen LogP contribution in [0, 0.1) is 11.6 Å². The number of aromatic nitrogens is 1. The Kier molecular flexibility index (Phi) is 6.23. The van der Waals surface area contributed by atoms with Crippen molar-refractivity contribution in [2.45, 2.75) is 31.7 Å². The van der Waals surface area contributed by atoms with Crippen LogP contribution < -0.4 is 5.32 Å². The Morgan fingerprint density at radius 1 is 1.10 bits per heavy atom. The topological polar surface area (TPSA) is 71.5 Å². The first-order valence-corrected chi connectivity index (χ1v) is 10.1. The number of furan rings is 1. The van der Waals surface area contributed by atoms with E-state index in [1.54, 1.807) is 6.26 Å². The molecule has 0 radical (unpaired) electrons. The summed E-state index contributed by atoms with van der Waals surface area (Å²) >= 11 is 0. The third-order valence-corrected chi connectivity index (χ3v) is 5.36. The summed E-state index contributed by atoms with van der Waals surface area (Å²) in [7, 11) is 0. The molecular weight excluding hydrogens is 392 g/mol. The van der Waals surface area contributed by atoms with Gasteiger partial charge in [0.2, 0.25) is 0 Å². The number of halogens is 2. The standard InChI is InChI=1S/C22H23F2N3O3/c23-16-8-7-15(12-17(16)24)21-13-18(26-30-21)22(28)25-14-19(20-6-5-11-29-20)27-9-3-1-2-4-10-27/h5-8,11-13,19H,1-4,9-10,14H2,(H,25,28). The highest BCUT2D eigenvalue weighted by Crippen LogP contribution is 2.25. The SMILES string of the molecule is O=C(NCC(c1ccco1)N1CCCCCC1)c1cc(-c2ccc(F)c(F)c2)on1. The Balaban J connectivity index is 1.44. The van der Waals surface area contributed by atoms with E-state index in [-0.39, 0.29) is 17.5 Å². The number of likely N-dealkylation sites (tertiary alicyclic amines) is 1. The van der Waals surface area contributed by atoms with Crippen LogP contribution in [0.4, 0.5) is 8.78 Å². The first-order chi connectivity index (χ1) is 14.6. The fourth-order valence-corrected chi connectivity index (χ4v) is 3.74. The summed E-state index contributed by atoms with van der Waals surface area (Å²) in [6.45, 7) is 2.26. The quantitative estimate of drug-likeness (QED) is 0.639. The Bertz CT molecular complexity index is 979. The lowest BCUT2D eigenvalue weighted by atomic mass is 10.1. The first kappa shape index (κ1) is 20.3. The zero-order valence-corrected chi connectivity index (χ0v) is 16.4. The lowest BCUT2D eigenvalue weighted by Gasteiger charge is -2.29. The molecule has 1 aliphatic heterocycles. The largest absolute Gasteiger partial charge is 0.468 e. The minimum atomic E-state index is -0.992. The molecule has 3 heterocycles. The predicted molar refractivity (Wildman–Crippen MR) is 106 cm³/mol. The normalized spacial score (nSPS) is 16.2. The lowest BCUT2D eigenvalue weighted by Crippen LogP contribution is -2.38. The van der Waals surface area contributed by atoms with Crippen molar-refractivity contribution < 1.29 is 22.5 Å². The van der Waals surface area contributed by atoms with Crippen molar-refractivity contribution >= 4 is 5.91 Å². The number of amides is 1. The number of rotatable bonds is 6. The molecule has 1 unspecified atom stereocenters. The maximum Gasteiger partial charge on any atom is 0.273 e. The van der Waals surface area contributed by atoms with Crippen molar-refractivity contribution in [3.05, 3.63) is 65.7 Å². The molecule has 3 aromatic rings. The molecule has 0 aliphatic carbocycles. The summed E-state index contributed by atoms with van der Waals surface area (Å²) in [6, 6.07) is 8.47. The maximum atomic E-state index is 13.5. The molecule has 4 rings (SSSR count). The predicted octanol–water partition coefficient (Wildman–Crippen LogP) is 4.56. The second-order valence-corrected chi connectivity index (χ2v) is 7.40. The van der Waals surface area contributed by atoms with E-state index in [4.69, 9.17) is 8.94 Å². The molecule has 1 N–H and O–H groups in total. The molecule has 8 heteroatoms. The molecule has 2 aromatic heterocycles. The van der Waals surface area contributed by atoms with Crippen LogP contribution in [-0.2, 0) is 0 Å². The molecule has 6 nitrogen and oxygen atoms in total. The van der Waals surface area contributed by atoms with E-state index in [0.29, 0.717) is 12.1 Å². The van der Waals surface area contributed by atoms with Crippen LogP contribution in [0.3, 0.4) is 0 Å². The second-order valence-electron chi connectivity index (χ2n) is 7.40. The summed E-state index contributed by atoms with van der Waals surface area (Å²) in [4.78, 5) is 15.0. The first-order valence-electron chi connectivity index (χ1n) is 10.1. The van der Waals surface area contributed by atoms with E-state index in [9.17, 15) is 13.6 Å². The van der Waals surface area contributed by atoms with Gasteiger partial charge in [0.25, 0.3) is 5.91 Å². The van der Waals surface area contributed by atoms with Crippen LogP contribution in [-0.4, -0.2) is 35.6 Å². The van der Waals surface area contributed by atoms with E-state index < -0.39 is 17.5 Å². The Morgan fingerprint density at radius 3 is 2.60 bits per heavy atom. The Hall–Kier alpha value is -3.00. The van der Waals surface area contributed by atoms with E-state index in [1.165, 1.54) is 25.0 Å². The van der Waals surface area contributed by atoms with Gasteiger partial charge in [0.05, 0.1) is 12.3 Å². The fraction of sp³-hybridized carbons (Fsp3) is 0.364. The van der Waals surface area contributed by atoms with E-state index in [1.807, 2.05) is 12.1 Å². The zero-order valence-electron chi connectivity index (χ0n) is 16.4. The Labute approximate surface area is 172 Å². The van der Waals surface area contributed by atoms with Gasteiger partial charge in [-0.05, 0) is 56.3 Å². The van der Waals surface area contributed by atoms with Crippen molar-refractivity contribution in [2.75, 3.05) is 19.6 Å². The van der Waals surface area contributed by atoms with E-state index in [0.717, 1.165) is 43.8 Å². The third-order valence-electron chi connectivity index (χ3n) is 5.36. The maximum absolute atomic E-state index is 13.5. The van der Waals surface area contributed by atoms with Crippen LogP contribution in [0.15, 0.2) is 51.6 Å². The van der Waals surface area contributed by atoms with Gasteiger partial charge in [-0.2, -0.15) is 0 Å². The number of carbonyl (C=O) groups excluding carboxylic acids is 1. The van der Waals surface area contributed by atoms with Crippen molar-refractivity contribution in [1.82, 2.24) is 15.4 Å². The van der Waals surface area contributed by atoms with Crippen molar-refractivity contribution in [3.8, 4) is 11.3 Å². The lowest BCUT2D eigenvalue weighted by molar-refractivity contribution is 0.0918. The van der Waals surface area contributed by atoms with Crippen molar-refractivity contribution in [3.63, 3.8) is 0 Å². The average molecular weight is 415 g/mol. The van der Waals surface area contributed by atoms with Gasteiger partial charge >= 0.3 is 0 Å². The van der Waals surface area contributed by atoms with E-state index in [2.05, 4.69) is 15.4 Å². The minimum absolute atomic E-state index is 0.0698. The van der Waals surface area contributed by atoms with Crippen LogP contribution in [0.5, 0.6) is 0 Å². The van der Waals surface area contributed by atoms with E-state index >= 15 is 0 Å². The zero-order chi connectivity index (χ0) is 20.9. The molecule has 30 heavy (non-hydrogen) atoms. The highest BCUT2D eigenvalue weighted by molar-refractivity contribution is 5.93. The van der Waals surface area contributed by atoms with Crippen LogP contribution in [0.1, 0.15) is 48.0 Å². The molecular formula is C22H23F2N3O3. The van der Waals surface area contributed by atoms with Gasteiger partial charge in [-0.15, -0.1) is 0 Å². The smallest absolute Gasteiger partial charge is 0.273 e. The van der Waals surface area contributed by atoms with Gasteiger partial charge in [-0.3, -0.25) is 9.69 Å². The van der Waals surface area contributed by atoms with Gasteiger partial charge in [0.15, 0.2) is 23.1 Å². The molecule has 1 aromatic carbocycles. The number of hydrogen-bond acceptors (Lipinski definition) is 5. The second kappa shape index (κ2) is 9.21. The number of benzene rings is 1. The van der Waals surface area contributed by atoms with Crippen LogP contribution in [0.2, 0.25) is 0 Å². The molecule has 1 saturated heterocycles. The molecule has 0 saturated carbocycles. The van der Waals surface area contributed by atoms with Gasteiger partial charge in [0.1, 0.15) is 5.76 Å². The summed E-state index contributed by atoms with van der Waals surface area (Å²) < 4.78 is 37.3.